The maximum atomic E-state index is 12.2. The molecule has 2 aliphatic rings. The van der Waals surface area contributed by atoms with E-state index in [4.69, 9.17) is 4.74 Å². The Hall–Kier alpha value is -2.33. The van der Waals surface area contributed by atoms with Crippen LogP contribution in [0, 0.1) is 5.41 Å². The molecule has 0 heterocycles. The molecular weight excluding hydrogens is 314 g/mol. The molecule has 0 spiro atoms. The highest BCUT2D eigenvalue weighted by atomic mass is 16.5. The van der Waals surface area contributed by atoms with Crippen LogP contribution in [0.1, 0.15) is 36.8 Å². The summed E-state index contributed by atoms with van der Waals surface area (Å²) in [4.78, 5) is 12.2. The van der Waals surface area contributed by atoms with Gasteiger partial charge in [0.05, 0.1) is 6.61 Å². The standard InChI is InChI=1S/C21H23NO3/c1-14(21(13-23)10-11-21)22-20(24)25-12-19-17-8-4-2-6-15(17)16-7-3-5-9-18(16)19/h2-9,14,19,23H,10-13H2,1H3,(H,22,24). The summed E-state index contributed by atoms with van der Waals surface area (Å²) in [6, 6.07) is 16.5. The zero-order chi connectivity index (χ0) is 17.4. The van der Waals surface area contributed by atoms with Gasteiger partial charge in [-0.2, -0.15) is 0 Å². The highest BCUT2D eigenvalue weighted by Crippen LogP contribution is 2.48. The minimum Gasteiger partial charge on any atom is -0.449 e. The van der Waals surface area contributed by atoms with Gasteiger partial charge in [0.1, 0.15) is 6.61 Å². The minimum atomic E-state index is -0.408. The van der Waals surface area contributed by atoms with Crippen molar-refractivity contribution in [1.82, 2.24) is 5.32 Å². The summed E-state index contributed by atoms with van der Waals surface area (Å²) in [6.07, 6.45) is 1.50. The summed E-state index contributed by atoms with van der Waals surface area (Å²) in [5.74, 6) is 0.0705. The highest BCUT2D eigenvalue weighted by Gasteiger charge is 2.47. The van der Waals surface area contributed by atoms with Gasteiger partial charge in [0.25, 0.3) is 0 Å². The first-order valence-corrected chi connectivity index (χ1v) is 8.87. The molecule has 2 aromatic carbocycles. The molecule has 1 amide bonds. The van der Waals surface area contributed by atoms with E-state index in [1.54, 1.807) is 0 Å². The fourth-order valence-electron chi connectivity index (χ4n) is 3.86. The predicted molar refractivity (Wildman–Crippen MR) is 96.4 cm³/mol. The van der Waals surface area contributed by atoms with E-state index in [2.05, 4.69) is 29.6 Å². The number of nitrogens with one attached hydrogen (secondary N) is 1. The molecule has 130 valence electrons. The number of aliphatic hydroxyl groups excluding tert-OH is 1. The Kier molecular flexibility index (Phi) is 4.00. The number of alkyl carbamates (subject to hydrolysis) is 1. The molecule has 0 aromatic heterocycles. The number of ether oxygens (including phenoxy) is 1. The Morgan fingerprint density at radius 1 is 1.16 bits per heavy atom. The average Bonchev–Trinajstić information content (AvgIpc) is 3.38. The van der Waals surface area contributed by atoms with Crippen LogP contribution in [-0.4, -0.2) is 30.5 Å². The molecule has 0 radical (unpaired) electrons. The lowest BCUT2D eigenvalue weighted by atomic mass is 9.98. The number of benzene rings is 2. The van der Waals surface area contributed by atoms with Crippen LogP contribution in [0.3, 0.4) is 0 Å². The van der Waals surface area contributed by atoms with Crippen molar-refractivity contribution >= 4 is 6.09 Å². The number of carbonyl (C=O) groups is 1. The maximum Gasteiger partial charge on any atom is 0.407 e. The van der Waals surface area contributed by atoms with E-state index >= 15 is 0 Å². The quantitative estimate of drug-likeness (QED) is 0.875. The van der Waals surface area contributed by atoms with Crippen molar-refractivity contribution in [2.75, 3.05) is 13.2 Å². The van der Waals surface area contributed by atoms with Gasteiger partial charge in [-0.25, -0.2) is 4.79 Å². The highest BCUT2D eigenvalue weighted by molar-refractivity contribution is 5.79. The van der Waals surface area contributed by atoms with Crippen molar-refractivity contribution in [3.63, 3.8) is 0 Å². The number of hydrogen-bond donors (Lipinski definition) is 2. The molecule has 25 heavy (non-hydrogen) atoms. The van der Waals surface area contributed by atoms with Crippen LogP contribution in [0.4, 0.5) is 4.79 Å². The molecule has 0 aliphatic heterocycles. The van der Waals surface area contributed by atoms with E-state index in [1.807, 2.05) is 31.2 Å². The summed E-state index contributed by atoms with van der Waals surface area (Å²) in [5, 5.41) is 12.4. The van der Waals surface area contributed by atoms with Crippen molar-refractivity contribution in [2.45, 2.75) is 31.7 Å². The van der Waals surface area contributed by atoms with Crippen molar-refractivity contribution in [3.8, 4) is 11.1 Å². The van der Waals surface area contributed by atoms with Crippen molar-refractivity contribution < 1.29 is 14.6 Å². The summed E-state index contributed by atoms with van der Waals surface area (Å²) >= 11 is 0. The van der Waals surface area contributed by atoms with E-state index in [9.17, 15) is 9.90 Å². The molecular formula is C21H23NO3. The number of rotatable bonds is 5. The molecule has 0 saturated heterocycles. The Morgan fingerprint density at radius 2 is 1.72 bits per heavy atom. The molecule has 4 rings (SSSR count). The first kappa shape index (κ1) is 16.2. The third-order valence-corrected chi connectivity index (χ3v) is 5.80. The molecule has 1 saturated carbocycles. The number of aliphatic hydroxyl groups is 1. The number of hydrogen-bond acceptors (Lipinski definition) is 3. The molecule has 4 nitrogen and oxygen atoms in total. The topological polar surface area (TPSA) is 58.6 Å². The molecule has 1 atom stereocenters. The Morgan fingerprint density at radius 3 is 2.24 bits per heavy atom. The van der Waals surface area contributed by atoms with E-state index in [0.29, 0.717) is 6.61 Å². The molecule has 2 aliphatic carbocycles. The van der Waals surface area contributed by atoms with Crippen molar-refractivity contribution in [1.29, 1.82) is 0 Å². The summed E-state index contributed by atoms with van der Waals surface area (Å²) in [6.45, 7) is 2.36. The summed E-state index contributed by atoms with van der Waals surface area (Å²) < 4.78 is 5.55. The van der Waals surface area contributed by atoms with Gasteiger partial charge in [-0.15, -0.1) is 0 Å². The lowest BCUT2D eigenvalue weighted by Crippen LogP contribution is -2.41. The van der Waals surface area contributed by atoms with Gasteiger partial charge in [-0.05, 0) is 42.0 Å². The molecule has 1 unspecified atom stereocenters. The summed E-state index contributed by atoms with van der Waals surface area (Å²) in [5.41, 5.74) is 4.71. The van der Waals surface area contributed by atoms with Gasteiger partial charge >= 0.3 is 6.09 Å². The third-order valence-electron chi connectivity index (χ3n) is 5.80. The Bertz CT molecular complexity index is 752. The van der Waals surface area contributed by atoms with Gasteiger partial charge in [0, 0.05) is 17.4 Å². The second-order valence-electron chi connectivity index (χ2n) is 7.21. The third kappa shape index (κ3) is 2.81. The molecule has 2 N–H and O–H groups in total. The van der Waals surface area contributed by atoms with Crippen LogP contribution in [0.25, 0.3) is 11.1 Å². The van der Waals surface area contributed by atoms with Gasteiger partial charge in [0.15, 0.2) is 0 Å². The molecule has 1 fully saturated rings. The van der Waals surface area contributed by atoms with Crippen LogP contribution < -0.4 is 5.32 Å². The van der Waals surface area contributed by atoms with Crippen molar-refractivity contribution in [3.05, 3.63) is 59.7 Å². The SMILES string of the molecule is CC(NC(=O)OCC1c2ccccc2-c2ccccc21)C1(CO)CC1. The Labute approximate surface area is 147 Å². The van der Waals surface area contributed by atoms with Crippen LogP contribution in [0.15, 0.2) is 48.5 Å². The first-order valence-electron chi connectivity index (χ1n) is 8.87. The van der Waals surface area contributed by atoms with E-state index in [-0.39, 0.29) is 24.0 Å². The fourth-order valence-corrected chi connectivity index (χ4v) is 3.86. The summed E-state index contributed by atoms with van der Waals surface area (Å²) in [7, 11) is 0. The number of amides is 1. The largest absolute Gasteiger partial charge is 0.449 e. The zero-order valence-electron chi connectivity index (χ0n) is 14.4. The van der Waals surface area contributed by atoms with E-state index in [0.717, 1.165) is 12.8 Å². The lowest BCUT2D eigenvalue weighted by Gasteiger charge is -2.22. The van der Waals surface area contributed by atoms with Gasteiger partial charge in [-0.1, -0.05) is 48.5 Å². The second-order valence-corrected chi connectivity index (χ2v) is 7.21. The van der Waals surface area contributed by atoms with Crippen molar-refractivity contribution in [2.24, 2.45) is 5.41 Å². The van der Waals surface area contributed by atoms with Crippen LogP contribution >= 0.6 is 0 Å². The predicted octanol–water partition coefficient (Wildman–Crippen LogP) is 3.69. The second kappa shape index (κ2) is 6.19. The van der Waals surface area contributed by atoms with E-state index < -0.39 is 6.09 Å². The first-order chi connectivity index (χ1) is 12.1. The number of fused-ring (bicyclic) bond motifs is 3. The van der Waals surface area contributed by atoms with Crippen LogP contribution in [0.2, 0.25) is 0 Å². The zero-order valence-corrected chi connectivity index (χ0v) is 14.4. The maximum absolute atomic E-state index is 12.2. The number of carbonyl (C=O) groups excluding carboxylic acids is 1. The smallest absolute Gasteiger partial charge is 0.407 e. The van der Waals surface area contributed by atoms with E-state index in [1.165, 1.54) is 22.3 Å². The molecule has 2 aromatic rings. The Balaban J connectivity index is 1.45. The van der Waals surface area contributed by atoms with Gasteiger partial charge < -0.3 is 15.2 Å². The minimum absolute atomic E-state index is 0.0705. The van der Waals surface area contributed by atoms with Crippen LogP contribution in [0.5, 0.6) is 0 Å². The lowest BCUT2D eigenvalue weighted by molar-refractivity contribution is 0.125. The fraction of sp³-hybridized carbons (Fsp3) is 0.381. The van der Waals surface area contributed by atoms with Gasteiger partial charge in [0.2, 0.25) is 0 Å². The monoisotopic (exact) mass is 337 g/mol. The normalized spacial score (nSPS) is 18.2. The molecule has 4 heteroatoms. The van der Waals surface area contributed by atoms with Crippen LogP contribution in [-0.2, 0) is 4.74 Å². The van der Waals surface area contributed by atoms with Gasteiger partial charge in [-0.3, -0.25) is 0 Å². The average molecular weight is 337 g/mol. The molecule has 0 bridgehead atoms.